The molecule has 5 atom stereocenters. The Balaban J connectivity index is 1.37. The molecule has 2 nitrogen and oxygen atoms in total. The van der Waals surface area contributed by atoms with Crippen LogP contribution in [0.4, 0.5) is 0 Å². The Bertz CT molecular complexity index is 1450. The average Bonchev–Trinajstić information content (AvgIpc) is 3.04. The number of alkyl halides is 1. The smallest absolute Gasteiger partial charge is 0.238 e. The molecule has 0 saturated heterocycles. The fourth-order valence-corrected chi connectivity index (χ4v) is 19.8. The van der Waals surface area contributed by atoms with Crippen molar-refractivity contribution in [2.45, 2.75) is 46.8 Å². The van der Waals surface area contributed by atoms with Crippen molar-refractivity contribution in [3.05, 3.63) is 144 Å². The molecule has 4 aromatic rings. The molecular formula is C33H36ClNOP2S6. The summed E-state index contributed by atoms with van der Waals surface area (Å²) in [5.74, 6) is 1.65. The lowest BCUT2D eigenvalue weighted by Gasteiger charge is -2.23. The van der Waals surface area contributed by atoms with Gasteiger partial charge < -0.3 is 5.32 Å². The molecule has 44 heavy (non-hydrogen) atoms. The van der Waals surface area contributed by atoms with Gasteiger partial charge in [-0.15, -0.1) is 45.7 Å². The van der Waals surface area contributed by atoms with E-state index in [0.29, 0.717) is 12.8 Å². The zero-order valence-corrected chi connectivity index (χ0v) is 31.7. The van der Waals surface area contributed by atoms with Gasteiger partial charge in [-0.1, -0.05) is 156 Å². The Morgan fingerprint density at radius 2 is 1.05 bits per heavy atom. The molecule has 0 aliphatic rings. The predicted octanol–water partition coefficient (Wildman–Crippen LogP) is 10.6. The van der Waals surface area contributed by atoms with Crippen molar-refractivity contribution in [2.24, 2.45) is 0 Å². The van der Waals surface area contributed by atoms with Crippen LogP contribution in [0.15, 0.2) is 121 Å². The number of hydrogen-bond acceptors (Lipinski definition) is 7. The maximum Gasteiger partial charge on any atom is 0.238 e. The van der Waals surface area contributed by atoms with Crippen LogP contribution in [0.3, 0.4) is 0 Å². The minimum Gasteiger partial charge on any atom is -0.342 e. The molecule has 0 aliphatic carbocycles. The molecule has 0 fully saturated rings. The van der Waals surface area contributed by atoms with Crippen LogP contribution in [0.25, 0.3) is 0 Å². The summed E-state index contributed by atoms with van der Waals surface area (Å²) in [5, 5.41) is 0.215. The lowest BCUT2D eigenvalue weighted by atomic mass is 10.1. The Morgan fingerprint density at radius 1 is 0.636 bits per heavy atom. The van der Waals surface area contributed by atoms with Gasteiger partial charge in [0.25, 0.3) is 0 Å². The van der Waals surface area contributed by atoms with E-state index in [1.54, 1.807) is 11.4 Å². The number of carbonyl (C=O) groups excluding carboxylic acids is 1. The summed E-state index contributed by atoms with van der Waals surface area (Å²) in [6.07, 6.45) is 2.09. The minimum atomic E-state index is -1.24. The van der Waals surface area contributed by atoms with Crippen LogP contribution in [-0.2, 0) is 52.8 Å². The van der Waals surface area contributed by atoms with E-state index in [0.717, 1.165) is 17.9 Å². The van der Waals surface area contributed by atoms with E-state index in [2.05, 4.69) is 90.2 Å². The highest BCUT2D eigenvalue weighted by atomic mass is 35.5. The Labute approximate surface area is 294 Å². The van der Waals surface area contributed by atoms with Gasteiger partial charge in [0, 0.05) is 33.4 Å². The molecule has 4 rings (SSSR count). The van der Waals surface area contributed by atoms with Crippen molar-refractivity contribution in [2.75, 3.05) is 0 Å². The van der Waals surface area contributed by atoms with Gasteiger partial charge in [0.2, 0.25) is 5.91 Å². The fraction of sp³-hybridized carbons (Fsp3) is 0.242. The summed E-state index contributed by atoms with van der Waals surface area (Å²) in [4.78, 5) is 13.6. The van der Waals surface area contributed by atoms with Gasteiger partial charge in [0.15, 0.2) is 0 Å². The quantitative estimate of drug-likeness (QED) is 0.0615. The van der Waals surface area contributed by atoms with Crippen LogP contribution in [0.2, 0.25) is 0 Å². The van der Waals surface area contributed by atoms with Crippen molar-refractivity contribution in [1.29, 1.82) is 0 Å². The van der Waals surface area contributed by atoms with Crippen molar-refractivity contribution in [3.63, 3.8) is 0 Å². The first kappa shape index (κ1) is 36.2. The maximum absolute atomic E-state index is 13.6. The first-order valence-electron chi connectivity index (χ1n) is 14.2. The largest absolute Gasteiger partial charge is 0.342 e. The standard InChI is InChI=1S/C33H36ClNOP2S6/c34-31(23-30(21-26-13-5-1-6-14-26)43-37(39)41-24-28-17-9-3-10-18-28)33(36)35-32(22-27-15-7-2-8-16-27)44-38(40)42-25-29-19-11-4-12-20-29/h1-20,30-32,37-38H,21-25H2,(H,35,36). The minimum absolute atomic E-state index is 0.133. The van der Waals surface area contributed by atoms with Gasteiger partial charge in [-0.2, -0.15) is 0 Å². The molecular weight excluding hydrogens is 716 g/mol. The van der Waals surface area contributed by atoms with E-state index in [-0.39, 0.29) is 16.5 Å². The molecule has 232 valence electrons. The van der Waals surface area contributed by atoms with E-state index in [1.807, 2.05) is 70.5 Å². The zero-order valence-electron chi connectivity index (χ0n) is 24.1. The monoisotopic (exact) mass is 751 g/mol. The number of carbonyl (C=O) groups is 1. The van der Waals surface area contributed by atoms with Gasteiger partial charge in [-0.25, -0.2) is 0 Å². The van der Waals surface area contributed by atoms with E-state index in [9.17, 15) is 4.79 Å². The highest BCUT2D eigenvalue weighted by molar-refractivity contribution is 8.94. The molecule has 0 aliphatic heterocycles. The summed E-state index contributed by atoms with van der Waals surface area (Å²) in [6, 6.07) is 41.5. The number of rotatable bonds is 18. The van der Waals surface area contributed by atoms with Crippen molar-refractivity contribution < 1.29 is 4.79 Å². The molecule has 1 N–H and O–H groups in total. The lowest BCUT2D eigenvalue weighted by Crippen LogP contribution is -2.39. The van der Waals surface area contributed by atoms with Crippen LogP contribution in [-0.4, -0.2) is 21.9 Å². The SMILES string of the molecule is O=C(NC(Cc1ccccc1)S[PH](=S)SCc1ccccc1)C(Cl)CC(Cc1ccccc1)S[PH](=S)SCc1ccccc1. The Kier molecular flexibility index (Phi) is 16.9. The molecule has 0 bridgehead atoms. The molecule has 0 spiro atoms. The van der Waals surface area contributed by atoms with E-state index in [4.69, 9.17) is 35.2 Å². The second-order valence-electron chi connectivity index (χ2n) is 9.99. The van der Waals surface area contributed by atoms with Gasteiger partial charge in [-0.3, -0.25) is 4.79 Å². The van der Waals surface area contributed by atoms with E-state index < -0.39 is 15.6 Å². The first-order valence-corrected chi connectivity index (χ1v) is 26.5. The van der Waals surface area contributed by atoms with Crippen LogP contribution in [0.5, 0.6) is 0 Å². The average molecular weight is 752 g/mol. The second kappa shape index (κ2) is 20.5. The highest BCUT2D eigenvalue weighted by Gasteiger charge is 2.25. The topological polar surface area (TPSA) is 29.1 Å². The Hall–Kier alpha value is -0.660. The summed E-state index contributed by atoms with van der Waals surface area (Å²) in [7, 11) is 0. The summed E-state index contributed by atoms with van der Waals surface area (Å²) >= 11 is 26.0. The van der Waals surface area contributed by atoms with Gasteiger partial charge in [0.05, 0.1) is 5.37 Å². The molecule has 11 heteroatoms. The molecule has 0 saturated carbocycles. The van der Waals surface area contributed by atoms with Crippen molar-refractivity contribution in [1.82, 2.24) is 5.32 Å². The van der Waals surface area contributed by atoms with Gasteiger partial charge >= 0.3 is 0 Å². The van der Waals surface area contributed by atoms with Crippen LogP contribution < -0.4 is 5.32 Å². The summed E-state index contributed by atoms with van der Waals surface area (Å²) < 4.78 is 0. The molecule has 0 radical (unpaired) electrons. The molecule has 0 aromatic heterocycles. The van der Waals surface area contributed by atoms with Crippen LogP contribution in [0.1, 0.15) is 28.7 Å². The number of amides is 1. The molecule has 1 amide bonds. The predicted molar refractivity (Wildman–Crippen MR) is 212 cm³/mol. The molecule has 0 heterocycles. The van der Waals surface area contributed by atoms with E-state index >= 15 is 0 Å². The van der Waals surface area contributed by atoms with Gasteiger partial charge in [-0.05, 0) is 35.1 Å². The Morgan fingerprint density at radius 3 is 1.52 bits per heavy atom. The number of halogens is 1. The zero-order chi connectivity index (χ0) is 31.0. The third-order valence-electron chi connectivity index (χ3n) is 6.53. The lowest BCUT2D eigenvalue weighted by molar-refractivity contribution is -0.121. The summed E-state index contributed by atoms with van der Waals surface area (Å²) in [5.41, 5.74) is 4.95. The van der Waals surface area contributed by atoms with Gasteiger partial charge in [0.1, 0.15) is 5.38 Å². The third kappa shape index (κ3) is 14.0. The van der Waals surface area contributed by atoms with Crippen LogP contribution >= 0.6 is 67.3 Å². The summed E-state index contributed by atoms with van der Waals surface area (Å²) in [6.45, 7) is 0. The van der Waals surface area contributed by atoms with Crippen molar-refractivity contribution in [3.8, 4) is 0 Å². The molecule has 5 unspecified atom stereocenters. The van der Waals surface area contributed by atoms with Crippen molar-refractivity contribution >= 4 is 96.9 Å². The second-order valence-corrected chi connectivity index (χ2v) is 29.5. The normalized spacial score (nSPS) is 14.7. The third-order valence-corrected chi connectivity index (χ3v) is 23.0. The van der Waals surface area contributed by atoms with Crippen LogP contribution in [0, 0.1) is 0 Å². The highest BCUT2D eigenvalue weighted by Crippen LogP contribution is 2.55. The number of hydrogen-bond donors (Lipinski definition) is 1. The van der Waals surface area contributed by atoms with E-state index in [1.165, 1.54) is 22.3 Å². The fourth-order valence-electron chi connectivity index (χ4n) is 4.34. The first-order chi connectivity index (χ1) is 21.4. The maximum atomic E-state index is 13.6. The molecule has 4 aromatic carbocycles. The number of nitrogens with one attached hydrogen (secondary N) is 1. The number of benzene rings is 4.